The number of sulfonamides is 1. The maximum atomic E-state index is 13.9. The third kappa shape index (κ3) is 3.97. The molecule has 0 unspecified atom stereocenters. The van der Waals surface area contributed by atoms with Gasteiger partial charge in [-0.25, -0.2) is 27.0 Å². The van der Waals surface area contributed by atoms with E-state index in [0.717, 1.165) is 29.1 Å². The van der Waals surface area contributed by atoms with Gasteiger partial charge in [0.15, 0.2) is 0 Å². The van der Waals surface area contributed by atoms with Crippen molar-refractivity contribution in [2.45, 2.75) is 4.90 Å². The van der Waals surface area contributed by atoms with E-state index in [4.69, 9.17) is 10.9 Å². The molecular weight excluding hydrogens is 408 g/mol. The number of primary sulfonamides is 1. The largest absolute Gasteiger partial charge is 0.365 e. The van der Waals surface area contributed by atoms with E-state index in [-0.39, 0.29) is 22.0 Å². The van der Waals surface area contributed by atoms with Gasteiger partial charge in [0.1, 0.15) is 28.6 Å². The van der Waals surface area contributed by atoms with Crippen molar-refractivity contribution in [3.63, 3.8) is 0 Å². The second-order valence-electron chi connectivity index (χ2n) is 5.77. The quantitative estimate of drug-likeness (QED) is 0.565. The number of carbonyl (C=O) groups excluding carboxylic acids is 2. The van der Waals surface area contributed by atoms with E-state index in [9.17, 15) is 26.8 Å². The summed E-state index contributed by atoms with van der Waals surface area (Å²) >= 11 is 0. The van der Waals surface area contributed by atoms with Gasteiger partial charge in [-0.2, -0.15) is 5.10 Å². The van der Waals surface area contributed by atoms with Gasteiger partial charge < -0.3 is 11.1 Å². The molecule has 1 heterocycles. The summed E-state index contributed by atoms with van der Waals surface area (Å²) in [6, 6.07) is 7.85. The Morgan fingerprint density at radius 1 is 1.03 bits per heavy atom. The zero-order chi connectivity index (χ0) is 21.3. The van der Waals surface area contributed by atoms with Crippen LogP contribution in [0.1, 0.15) is 20.7 Å². The van der Waals surface area contributed by atoms with E-state index in [1.54, 1.807) is 0 Å². The first-order chi connectivity index (χ1) is 13.6. The Morgan fingerprint density at radius 2 is 1.62 bits per heavy atom. The first-order valence-corrected chi connectivity index (χ1v) is 9.40. The first kappa shape index (κ1) is 20.1. The number of carbonyl (C=O) groups is 2. The van der Waals surface area contributed by atoms with Crippen LogP contribution < -0.4 is 16.2 Å². The van der Waals surface area contributed by atoms with Crippen LogP contribution in [0.4, 0.5) is 14.6 Å². The van der Waals surface area contributed by atoms with Crippen LogP contribution in [0, 0.1) is 11.6 Å². The molecule has 12 heteroatoms. The standard InChI is InChI=1S/C17H13F2N5O4S/c18-12-2-1-3-13(19)14(12)17(26)23-16-11(15(20)25)8-22-24(16)9-4-6-10(7-5-9)29(21,27)28/h1-8H,(H2,20,25)(H,23,26)(H2,21,27,28). The number of nitrogens with two attached hydrogens (primary N) is 2. The molecule has 0 aliphatic heterocycles. The maximum absolute atomic E-state index is 13.9. The van der Waals surface area contributed by atoms with Crippen LogP contribution in [-0.4, -0.2) is 30.0 Å². The van der Waals surface area contributed by atoms with E-state index < -0.39 is 39.0 Å². The lowest BCUT2D eigenvalue weighted by atomic mass is 10.2. The smallest absolute Gasteiger partial charge is 0.262 e. The number of hydrogen-bond donors (Lipinski definition) is 3. The molecule has 150 valence electrons. The molecule has 5 N–H and O–H groups in total. The molecule has 3 rings (SSSR count). The van der Waals surface area contributed by atoms with Crippen molar-refractivity contribution in [3.05, 3.63) is 71.4 Å². The number of rotatable bonds is 5. The van der Waals surface area contributed by atoms with Crippen molar-refractivity contribution in [3.8, 4) is 5.69 Å². The zero-order valence-corrected chi connectivity index (χ0v) is 15.3. The molecule has 1 aromatic heterocycles. The number of primary amides is 1. The summed E-state index contributed by atoms with van der Waals surface area (Å²) in [5.41, 5.74) is 4.40. The normalized spacial score (nSPS) is 11.3. The lowest BCUT2D eigenvalue weighted by molar-refractivity contribution is 0.100. The number of aromatic nitrogens is 2. The minimum absolute atomic E-state index is 0.178. The monoisotopic (exact) mass is 421 g/mol. The van der Waals surface area contributed by atoms with E-state index in [0.29, 0.717) is 0 Å². The number of anilines is 1. The third-order valence-electron chi connectivity index (χ3n) is 3.87. The van der Waals surface area contributed by atoms with Crippen molar-refractivity contribution in [1.82, 2.24) is 9.78 Å². The Balaban J connectivity index is 2.06. The van der Waals surface area contributed by atoms with Crippen LogP contribution >= 0.6 is 0 Å². The molecule has 2 aromatic carbocycles. The summed E-state index contributed by atoms with van der Waals surface area (Å²) in [5.74, 6) is -4.60. The summed E-state index contributed by atoms with van der Waals surface area (Å²) in [7, 11) is -3.94. The molecule has 29 heavy (non-hydrogen) atoms. The molecular formula is C17H13F2N5O4S. The predicted octanol–water partition coefficient (Wildman–Crippen LogP) is 1.15. The van der Waals surface area contributed by atoms with E-state index in [1.807, 2.05) is 0 Å². The number of nitrogens with zero attached hydrogens (tertiary/aromatic N) is 2. The average molecular weight is 421 g/mol. The highest BCUT2D eigenvalue weighted by molar-refractivity contribution is 7.89. The van der Waals surface area contributed by atoms with Crippen molar-refractivity contribution >= 4 is 27.7 Å². The van der Waals surface area contributed by atoms with Crippen LogP contribution in [0.25, 0.3) is 5.69 Å². The van der Waals surface area contributed by atoms with Crippen molar-refractivity contribution in [2.24, 2.45) is 10.9 Å². The van der Waals surface area contributed by atoms with Crippen LogP contribution in [0.2, 0.25) is 0 Å². The predicted molar refractivity (Wildman–Crippen MR) is 97.8 cm³/mol. The lowest BCUT2D eigenvalue weighted by Crippen LogP contribution is -2.21. The number of amides is 2. The second-order valence-corrected chi connectivity index (χ2v) is 7.33. The molecule has 3 aromatic rings. The molecule has 0 spiro atoms. The van der Waals surface area contributed by atoms with E-state index in [2.05, 4.69) is 10.4 Å². The highest BCUT2D eigenvalue weighted by Gasteiger charge is 2.23. The second kappa shape index (κ2) is 7.41. The summed E-state index contributed by atoms with van der Waals surface area (Å²) in [4.78, 5) is 23.9. The number of halogens is 2. The fourth-order valence-electron chi connectivity index (χ4n) is 2.51. The highest BCUT2D eigenvalue weighted by atomic mass is 32.2. The summed E-state index contributed by atoms with van der Waals surface area (Å²) in [5, 5.41) is 11.2. The molecule has 0 fully saturated rings. The van der Waals surface area contributed by atoms with Gasteiger partial charge in [-0.3, -0.25) is 9.59 Å². The average Bonchev–Trinajstić information content (AvgIpc) is 3.04. The fraction of sp³-hybridized carbons (Fsp3) is 0. The van der Waals surface area contributed by atoms with E-state index in [1.165, 1.54) is 24.3 Å². The number of nitrogens with one attached hydrogen (secondary N) is 1. The van der Waals surface area contributed by atoms with Gasteiger partial charge in [0.25, 0.3) is 11.8 Å². The molecule has 0 saturated heterocycles. The van der Waals surface area contributed by atoms with Crippen LogP contribution in [-0.2, 0) is 10.0 Å². The lowest BCUT2D eigenvalue weighted by Gasteiger charge is -2.11. The minimum atomic E-state index is -3.94. The van der Waals surface area contributed by atoms with Gasteiger partial charge in [-0.15, -0.1) is 0 Å². The zero-order valence-electron chi connectivity index (χ0n) is 14.5. The molecule has 0 saturated carbocycles. The number of hydrogen-bond acceptors (Lipinski definition) is 5. The Hall–Kier alpha value is -3.64. The maximum Gasteiger partial charge on any atom is 0.262 e. The van der Waals surface area contributed by atoms with Crippen LogP contribution in [0.15, 0.2) is 53.6 Å². The van der Waals surface area contributed by atoms with Crippen molar-refractivity contribution in [1.29, 1.82) is 0 Å². The fourth-order valence-corrected chi connectivity index (χ4v) is 3.02. The van der Waals surface area contributed by atoms with Gasteiger partial charge in [0.2, 0.25) is 10.0 Å². The SMILES string of the molecule is NC(=O)c1cnn(-c2ccc(S(N)(=O)=O)cc2)c1NC(=O)c1c(F)cccc1F. The topological polar surface area (TPSA) is 150 Å². The molecule has 2 amide bonds. The molecule has 0 aliphatic carbocycles. The molecule has 0 atom stereocenters. The van der Waals surface area contributed by atoms with Gasteiger partial charge in [0.05, 0.1) is 16.8 Å². The minimum Gasteiger partial charge on any atom is -0.365 e. The molecule has 0 radical (unpaired) electrons. The van der Waals surface area contributed by atoms with Crippen molar-refractivity contribution in [2.75, 3.05) is 5.32 Å². The third-order valence-corrected chi connectivity index (χ3v) is 4.80. The Labute approximate surface area is 163 Å². The van der Waals surface area contributed by atoms with Gasteiger partial charge in [-0.1, -0.05) is 6.07 Å². The van der Waals surface area contributed by atoms with Crippen molar-refractivity contribution < 1.29 is 26.8 Å². The molecule has 9 nitrogen and oxygen atoms in total. The van der Waals surface area contributed by atoms with Gasteiger partial charge >= 0.3 is 0 Å². The van der Waals surface area contributed by atoms with Crippen LogP contribution in [0.3, 0.4) is 0 Å². The Bertz CT molecular complexity index is 1200. The number of benzene rings is 2. The molecule has 0 bridgehead atoms. The van der Waals surface area contributed by atoms with Gasteiger partial charge in [-0.05, 0) is 36.4 Å². The van der Waals surface area contributed by atoms with Gasteiger partial charge in [0, 0.05) is 0 Å². The van der Waals surface area contributed by atoms with E-state index >= 15 is 0 Å². The summed E-state index contributed by atoms with van der Waals surface area (Å²) in [6.07, 6.45) is 1.04. The molecule has 0 aliphatic rings. The summed E-state index contributed by atoms with van der Waals surface area (Å²) < 4.78 is 51.6. The Kier molecular flexibility index (Phi) is 5.14. The first-order valence-electron chi connectivity index (χ1n) is 7.86. The van der Waals surface area contributed by atoms with Crippen LogP contribution in [0.5, 0.6) is 0 Å². The highest BCUT2D eigenvalue weighted by Crippen LogP contribution is 2.23. The Morgan fingerprint density at radius 3 is 2.14 bits per heavy atom. The summed E-state index contributed by atoms with van der Waals surface area (Å²) in [6.45, 7) is 0.